The number of nitrogens with zero attached hydrogens (tertiary/aromatic N) is 3. The van der Waals surface area contributed by atoms with Crippen LogP contribution in [0.25, 0.3) is 22.8 Å². The van der Waals surface area contributed by atoms with Crippen molar-refractivity contribution in [2.75, 3.05) is 13.7 Å². The number of esters is 1. The summed E-state index contributed by atoms with van der Waals surface area (Å²) in [6.07, 6.45) is 1.78. The van der Waals surface area contributed by atoms with Crippen LogP contribution in [0.3, 0.4) is 0 Å². The molecule has 3 aromatic carbocycles. The van der Waals surface area contributed by atoms with Crippen LogP contribution in [0.15, 0.2) is 77.3 Å². The third-order valence-electron chi connectivity index (χ3n) is 6.00. The molecule has 1 atom stereocenters. The smallest absolute Gasteiger partial charge is 0.323 e. The summed E-state index contributed by atoms with van der Waals surface area (Å²) in [5.41, 5.74) is 2.47. The highest BCUT2D eigenvalue weighted by molar-refractivity contribution is 6.33. The molecule has 0 radical (unpaired) electrons. The summed E-state index contributed by atoms with van der Waals surface area (Å²) in [5, 5.41) is 4.64. The molecule has 8 heteroatoms. The van der Waals surface area contributed by atoms with E-state index in [2.05, 4.69) is 15.0 Å². The molecule has 1 aliphatic heterocycles. The van der Waals surface area contributed by atoms with E-state index in [1.807, 2.05) is 72.8 Å². The van der Waals surface area contributed by atoms with Crippen molar-refractivity contribution in [2.24, 2.45) is 0 Å². The quantitative estimate of drug-likeness (QED) is 0.295. The van der Waals surface area contributed by atoms with E-state index < -0.39 is 0 Å². The van der Waals surface area contributed by atoms with Gasteiger partial charge in [0.1, 0.15) is 17.5 Å². The summed E-state index contributed by atoms with van der Waals surface area (Å²) in [7, 11) is 1.43. The predicted molar refractivity (Wildman–Crippen MR) is 132 cm³/mol. The number of methoxy groups -OCH3 is 1. The summed E-state index contributed by atoms with van der Waals surface area (Å²) in [6.45, 7) is 1.47. The fourth-order valence-corrected chi connectivity index (χ4v) is 4.52. The zero-order valence-corrected chi connectivity index (χ0v) is 19.9. The lowest BCUT2D eigenvalue weighted by Gasteiger charge is -2.22. The van der Waals surface area contributed by atoms with Crippen LogP contribution < -0.4 is 4.74 Å². The molecule has 4 aromatic rings. The van der Waals surface area contributed by atoms with E-state index in [0.29, 0.717) is 34.6 Å². The van der Waals surface area contributed by atoms with Crippen molar-refractivity contribution < 1.29 is 18.8 Å². The van der Waals surface area contributed by atoms with Crippen LogP contribution >= 0.6 is 11.6 Å². The largest absolute Gasteiger partial charge is 0.468 e. The number of likely N-dealkylation sites (tertiary alicyclic amines) is 1. The van der Waals surface area contributed by atoms with E-state index >= 15 is 0 Å². The number of halogens is 1. The maximum absolute atomic E-state index is 12.0. The SMILES string of the molecule is COC(=O)[C@@H]1CCCN1Cc1ccc(-c2noc(-c3ccc(Oc4ccccc4)cc3)n2)c(Cl)c1. The Bertz CT molecular complexity index is 1310. The molecule has 35 heavy (non-hydrogen) atoms. The molecule has 1 aromatic heterocycles. The average Bonchev–Trinajstić information content (AvgIpc) is 3.55. The summed E-state index contributed by atoms with van der Waals surface area (Å²) in [6, 6.07) is 22.6. The summed E-state index contributed by atoms with van der Waals surface area (Å²) in [4.78, 5) is 18.7. The van der Waals surface area contributed by atoms with Gasteiger partial charge in [-0.05, 0) is 73.5 Å². The zero-order valence-electron chi connectivity index (χ0n) is 19.2. The number of benzene rings is 3. The predicted octanol–water partition coefficient (Wildman–Crippen LogP) is 5.99. The molecule has 178 valence electrons. The van der Waals surface area contributed by atoms with Gasteiger partial charge in [0.05, 0.1) is 12.1 Å². The highest BCUT2D eigenvalue weighted by Crippen LogP contribution is 2.31. The molecule has 0 N–H and O–H groups in total. The molecule has 0 saturated carbocycles. The van der Waals surface area contributed by atoms with Crippen molar-refractivity contribution in [1.29, 1.82) is 0 Å². The monoisotopic (exact) mass is 489 g/mol. The molecule has 1 aliphatic rings. The van der Waals surface area contributed by atoms with E-state index in [4.69, 9.17) is 25.6 Å². The van der Waals surface area contributed by atoms with Crippen LogP contribution in [0, 0.1) is 0 Å². The van der Waals surface area contributed by atoms with Gasteiger partial charge in [0, 0.05) is 17.7 Å². The second-order valence-electron chi connectivity index (χ2n) is 8.33. The second kappa shape index (κ2) is 10.3. The van der Waals surface area contributed by atoms with Crippen LogP contribution in [-0.4, -0.2) is 40.7 Å². The molecule has 0 amide bonds. The molecule has 7 nitrogen and oxygen atoms in total. The lowest BCUT2D eigenvalue weighted by atomic mass is 10.1. The third-order valence-corrected chi connectivity index (χ3v) is 6.32. The van der Waals surface area contributed by atoms with Crippen LogP contribution in [0.1, 0.15) is 18.4 Å². The number of aromatic nitrogens is 2. The van der Waals surface area contributed by atoms with E-state index in [1.165, 1.54) is 7.11 Å². The molecule has 2 heterocycles. The van der Waals surface area contributed by atoms with Crippen LogP contribution in [-0.2, 0) is 16.1 Å². The van der Waals surface area contributed by atoms with Gasteiger partial charge in [0.25, 0.3) is 5.89 Å². The number of para-hydroxylation sites is 1. The molecule has 0 aliphatic carbocycles. The minimum atomic E-state index is -0.206. The summed E-state index contributed by atoms with van der Waals surface area (Å²) >= 11 is 6.58. The number of hydrogen-bond donors (Lipinski definition) is 0. The topological polar surface area (TPSA) is 77.7 Å². The molecule has 0 spiro atoms. The number of carbonyl (C=O) groups is 1. The second-order valence-corrected chi connectivity index (χ2v) is 8.74. The van der Waals surface area contributed by atoms with Gasteiger partial charge in [-0.1, -0.05) is 41.0 Å². The van der Waals surface area contributed by atoms with E-state index in [1.54, 1.807) is 0 Å². The number of hydrogen-bond acceptors (Lipinski definition) is 7. The van der Waals surface area contributed by atoms with Crippen molar-refractivity contribution in [3.63, 3.8) is 0 Å². The lowest BCUT2D eigenvalue weighted by molar-refractivity contribution is -0.146. The average molecular weight is 490 g/mol. The molecule has 0 unspecified atom stereocenters. The Morgan fingerprint density at radius 3 is 2.60 bits per heavy atom. The van der Waals surface area contributed by atoms with Gasteiger partial charge in [-0.15, -0.1) is 0 Å². The van der Waals surface area contributed by atoms with Crippen molar-refractivity contribution >= 4 is 17.6 Å². The Morgan fingerprint density at radius 1 is 1.09 bits per heavy atom. The van der Waals surface area contributed by atoms with Crippen LogP contribution in [0.5, 0.6) is 11.5 Å². The van der Waals surface area contributed by atoms with Gasteiger partial charge in [-0.2, -0.15) is 4.98 Å². The maximum Gasteiger partial charge on any atom is 0.323 e. The van der Waals surface area contributed by atoms with Gasteiger partial charge < -0.3 is 14.0 Å². The van der Waals surface area contributed by atoms with Crippen molar-refractivity contribution in [2.45, 2.75) is 25.4 Å². The first-order valence-electron chi connectivity index (χ1n) is 11.4. The van der Waals surface area contributed by atoms with Crippen molar-refractivity contribution in [3.05, 3.63) is 83.4 Å². The number of rotatable bonds is 7. The molecular formula is C27H24ClN3O4. The minimum absolute atomic E-state index is 0.191. The van der Waals surface area contributed by atoms with Gasteiger partial charge in [-0.3, -0.25) is 9.69 Å². The van der Waals surface area contributed by atoms with Crippen LogP contribution in [0.2, 0.25) is 5.02 Å². The molecule has 0 bridgehead atoms. The van der Waals surface area contributed by atoms with Gasteiger partial charge in [0.15, 0.2) is 0 Å². The van der Waals surface area contributed by atoms with Crippen molar-refractivity contribution in [1.82, 2.24) is 15.0 Å². The van der Waals surface area contributed by atoms with E-state index in [-0.39, 0.29) is 12.0 Å². The normalized spacial score (nSPS) is 15.8. The van der Waals surface area contributed by atoms with E-state index in [9.17, 15) is 4.79 Å². The Labute approximate surface area is 208 Å². The number of ether oxygens (including phenoxy) is 2. The highest BCUT2D eigenvalue weighted by atomic mass is 35.5. The first-order chi connectivity index (χ1) is 17.1. The molecule has 5 rings (SSSR count). The fourth-order valence-electron chi connectivity index (χ4n) is 4.23. The molecule has 1 saturated heterocycles. The Kier molecular flexibility index (Phi) is 6.79. The number of carbonyl (C=O) groups excluding carboxylic acids is 1. The maximum atomic E-state index is 12.0. The molecule has 1 fully saturated rings. The van der Waals surface area contributed by atoms with Gasteiger partial charge in [0.2, 0.25) is 5.82 Å². The van der Waals surface area contributed by atoms with Crippen LogP contribution in [0.4, 0.5) is 0 Å². The lowest BCUT2D eigenvalue weighted by Crippen LogP contribution is -2.36. The van der Waals surface area contributed by atoms with E-state index in [0.717, 1.165) is 36.3 Å². The first-order valence-corrected chi connectivity index (χ1v) is 11.8. The Hall–Kier alpha value is -3.68. The standard InChI is InChI=1S/C27H24ClN3O4/c1-33-27(32)24-8-5-15-31(24)17-18-9-14-22(23(28)16-18)25-29-26(35-30-25)19-10-12-21(13-11-19)34-20-6-3-2-4-7-20/h2-4,6-7,9-14,16,24H,5,8,15,17H2,1H3/t24-/m0/s1. The first kappa shape index (κ1) is 23.1. The van der Waals surface area contributed by atoms with Gasteiger partial charge >= 0.3 is 5.97 Å². The fraction of sp³-hybridized carbons (Fsp3) is 0.222. The Morgan fingerprint density at radius 2 is 1.86 bits per heavy atom. The zero-order chi connectivity index (χ0) is 24.2. The third kappa shape index (κ3) is 5.21. The summed E-state index contributed by atoms with van der Waals surface area (Å²) < 4.78 is 16.3. The highest BCUT2D eigenvalue weighted by Gasteiger charge is 2.31. The minimum Gasteiger partial charge on any atom is -0.468 e. The van der Waals surface area contributed by atoms with Gasteiger partial charge in [-0.25, -0.2) is 0 Å². The Balaban J connectivity index is 1.28. The molecular weight excluding hydrogens is 466 g/mol. The van der Waals surface area contributed by atoms with Crippen molar-refractivity contribution in [3.8, 4) is 34.3 Å². The summed E-state index contributed by atoms with van der Waals surface area (Å²) in [5.74, 6) is 2.10.